The summed E-state index contributed by atoms with van der Waals surface area (Å²) in [6.07, 6.45) is -0.454. The highest BCUT2D eigenvalue weighted by atomic mass is 16.7. The number of esters is 1. The number of hydrogen-bond acceptors (Lipinski definition) is 9. The maximum atomic E-state index is 12.7. The zero-order valence-corrected chi connectivity index (χ0v) is 17.5. The van der Waals surface area contributed by atoms with Crippen LogP contribution in [0.1, 0.15) is 55.6 Å². The molecule has 0 fully saturated rings. The number of Topliss-reactive ketones (excluding diaryl/α,β-unsaturated/α-hetero) is 3. The first-order chi connectivity index (χ1) is 13.8. The number of allylic oxidation sites excluding steroid dienone is 1. The number of phenolic OH excluding ortho intramolecular Hbond substituents is 1. The molecule has 2 aliphatic rings. The van der Waals surface area contributed by atoms with Gasteiger partial charge in [-0.2, -0.15) is 0 Å². The number of ketones is 3. The van der Waals surface area contributed by atoms with Crippen molar-refractivity contribution >= 4 is 23.3 Å². The second-order valence-corrected chi connectivity index (χ2v) is 7.60. The third kappa shape index (κ3) is 2.51. The molecule has 2 atom stereocenters. The minimum Gasteiger partial charge on any atom is -0.510 e. The highest BCUT2D eigenvalue weighted by Gasteiger charge is 2.68. The molecule has 9 nitrogen and oxygen atoms in total. The number of rotatable bonds is 4. The van der Waals surface area contributed by atoms with E-state index in [4.69, 9.17) is 14.2 Å². The second kappa shape index (κ2) is 6.66. The maximum Gasteiger partial charge on any atom is 0.308 e. The summed E-state index contributed by atoms with van der Waals surface area (Å²) in [5, 5.41) is 21.8. The van der Waals surface area contributed by atoms with Gasteiger partial charge in [-0.15, -0.1) is 0 Å². The summed E-state index contributed by atoms with van der Waals surface area (Å²) >= 11 is 0. The Labute approximate surface area is 172 Å². The number of ether oxygens (including phenoxy) is 3. The molecular formula is C21H22O9. The van der Waals surface area contributed by atoms with Crippen LogP contribution in [0.15, 0.2) is 11.3 Å². The van der Waals surface area contributed by atoms with E-state index in [1.807, 2.05) is 0 Å². The Balaban J connectivity index is 2.56. The number of benzene rings is 1. The first kappa shape index (κ1) is 21.5. The summed E-state index contributed by atoms with van der Waals surface area (Å²) < 4.78 is 16.8. The van der Waals surface area contributed by atoms with Crippen molar-refractivity contribution in [1.29, 1.82) is 0 Å². The Kier molecular flexibility index (Phi) is 4.78. The van der Waals surface area contributed by atoms with Gasteiger partial charge in [0.2, 0.25) is 5.79 Å². The van der Waals surface area contributed by atoms with Crippen LogP contribution in [0.4, 0.5) is 0 Å². The van der Waals surface area contributed by atoms with Crippen molar-refractivity contribution in [3.05, 3.63) is 28.0 Å². The summed E-state index contributed by atoms with van der Waals surface area (Å²) in [6, 6.07) is 0. The standard InChI is InChI=1S/C21H22O9/c1-8-16(26)14(10(3)23)18-15(17(8)29-11(4)24)20(5)19(27)13(9(2)22)12(25)7-21(20,28-6)30-18/h26-27H,7H2,1-6H3/t20-,21-/m1/s1. The van der Waals surface area contributed by atoms with Gasteiger partial charge in [-0.1, -0.05) is 0 Å². The van der Waals surface area contributed by atoms with Crippen molar-refractivity contribution in [2.45, 2.75) is 52.2 Å². The predicted molar refractivity (Wildman–Crippen MR) is 102 cm³/mol. The van der Waals surface area contributed by atoms with Crippen LogP contribution in [0.25, 0.3) is 0 Å². The predicted octanol–water partition coefficient (Wildman–Crippen LogP) is 2.20. The third-order valence-electron chi connectivity index (χ3n) is 5.80. The van der Waals surface area contributed by atoms with E-state index >= 15 is 0 Å². The van der Waals surface area contributed by atoms with E-state index in [2.05, 4.69) is 0 Å². The van der Waals surface area contributed by atoms with Gasteiger partial charge in [-0.3, -0.25) is 19.2 Å². The lowest BCUT2D eigenvalue weighted by Gasteiger charge is -2.43. The van der Waals surface area contributed by atoms with Crippen molar-refractivity contribution in [2.75, 3.05) is 7.11 Å². The van der Waals surface area contributed by atoms with Gasteiger partial charge in [-0.25, -0.2) is 0 Å². The summed E-state index contributed by atoms with van der Waals surface area (Å²) in [7, 11) is 1.25. The number of carbonyl (C=O) groups is 4. The highest BCUT2D eigenvalue weighted by molar-refractivity contribution is 6.21. The molecule has 0 saturated carbocycles. The molecule has 0 spiro atoms. The van der Waals surface area contributed by atoms with E-state index < -0.39 is 58.0 Å². The fourth-order valence-electron chi connectivity index (χ4n) is 4.30. The normalized spacial score (nSPS) is 24.8. The van der Waals surface area contributed by atoms with Crippen molar-refractivity contribution in [3.8, 4) is 17.2 Å². The lowest BCUT2D eigenvalue weighted by atomic mass is 9.66. The Morgan fingerprint density at radius 3 is 2.17 bits per heavy atom. The molecule has 30 heavy (non-hydrogen) atoms. The van der Waals surface area contributed by atoms with Crippen molar-refractivity contribution in [1.82, 2.24) is 0 Å². The van der Waals surface area contributed by atoms with Crippen molar-refractivity contribution < 1.29 is 43.6 Å². The van der Waals surface area contributed by atoms with Gasteiger partial charge >= 0.3 is 5.97 Å². The molecule has 1 aromatic carbocycles. The first-order valence-electron chi connectivity index (χ1n) is 9.15. The molecule has 1 aliphatic heterocycles. The number of aliphatic hydroxyl groups is 1. The average Bonchev–Trinajstić information content (AvgIpc) is 2.88. The van der Waals surface area contributed by atoms with Crippen molar-refractivity contribution in [2.24, 2.45) is 0 Å². The Morgan fingerprint density at radius 1 is 1.10 bits per heavy atom. The molecule has 1 aromatic rings. The molecule has 0 bridgehead atoms. The molecule has 3 rings (SSSR count). The molecule has 1 heterocycles. The summed E-state index contributed by atoms with van der Waals surface area (Å²) in [6.45, 7) is 6.37. The van der Waals surface area contributed by atoms with E-state index in [1.54, 1.807) is 0 Å². The van der Waals surface area contributed by atoms with E-state index in [-0.39, 0.29) is 28.2 Å². The van der Waals surface area contributed by atoms with Gasteiger partial charge in [0.15, 0.2) is 17.3 Å². The lowest BCUT2D eigenvalue weighted by Crippen LogP contribution is -2.57. The Bertz CT molecular complexity index is 1060. The van der Waals surface area contributed by atoms with Crippen LogP contribution in [0.2, 0.25) is 0 Å². The minimum atomic E-state index is -1.84. The molecule has 0 saturated heterocycles. The van der Waals surface area contributed by atoms with Crippen molar-refractivity contribution in [3.63, 3.8) is 0 Å². The number of hydrogen-bond donors (Lipinski definition) is 2. The monoisotopic (exact) mass is 418 g/mol. The van der Waals surface area contributed by atoms with Gasteiger partial charge in [0.25, 0.3) is 0 Å². The SMILES string of the molecule is CO[C@@]12CC(=O)C(C(C)=O)=C(O)[C@@]1(C)c1c(OC(C)=O)c(C)c(O)c(C(C)=O)c1O2. The van der Waals surface area contributed by atoms with E-state index in [1.165, 1.54) is 27.9 Å². The molecule has 0 unspecified atom stereocenters. The van der Waals surface area contributed by atoms with Gasteiger partial charge in [0, 0.05) is 19.6 Å². The summed E-state index contributed by atoms with van der Waals surface area (Å²) in [4.78, 5) is 48.9. The average molecular weight is 418 g/mol. The zero-order chi connectivity index (χ0) is 22.8. The largest absolute Gasteiger partial charge is 0.510 e. The number of carbonyl (C=O) groups excluding carboxylic acids is 4. The molecule has 0 amide bonds. The molecular weight excluding hydrogens is 396 g/mol. The number of aliphatic hydroxyl groups excluding tert-OH is 1. The number of phenols is 1. The number of fused-ring (bicyclic) bond motifs is 3. The summed E-state index contributed by atoms with van der Waals surface area (Å²) in [5.41, 5.74) is -2.25. The smallest absolute Gasteiger partial charge is 0.308 e. The van der Waals surface area contributed by atoms with E-state index in [0.29, 0.717) is 0 Å². The zero-order valence-electron chi connectivity index (χ0n) is 17.5. The van der Waals surface area contributed by atoms with Crippen LogP contribution in [0.3, 0.4) is 0 Å². The number of methoxy groups -OCH3 is 1. The van der Waals surface area contributed by atoms with E-state index in [9.17, 15) is 29.4 Å². The van der Waals surface area contributed by atoms with Gasteiger partial charge in [0.1, 0.15) is 34.0 Å². The fraction of sp³-hybridized carbons (Fsp3) is 0.429. The molecule has 1 aliphatic carbocycles. The lowest BCUT2D eigenvalue weighted by molar-refractivity contribution is -0.199. The topological polar surface area (TPSA) is 136 Å². The van der Waals surface area contributed by atoms with Crippen LogP contribution in [0, 0.1) is 6.92 Å². The Hall–Kier alpha value is -3.20. The van der Waals surface area contributed by atoms with Gasteiger partial charge in [-0.05, 0) is 27.7 Å². The Morgan fingerprint density at radius 2 is 1.70 bits per heavy atom. The van der Waals surface area contributed by atoms with E-state index in [0.717, 1.165) is 13.8 Å². The molecule has 2 N–H and O–H groups in total. The summed E-state index contributed by atoms with van der Waals surface area (Å²) in [5.74, 6) is -5.91. The molecule has 9 heteroatoms. The van der Waals surface area contributed by atoms with Crippen LogP contribution in [0.5, 0.6) is 17.2 Å². The van der Waals surface area contributed by atoms with Gasteiger partial charge in [0.05, 0.1) is 17.6 Å². The fourth-order valence-corrected chi connectivity index (χ4v) is 4.30. The van der Waals surface area contributed by atoms with Gasteiger partial charge < -0.3 is 24.4 Å². The quantitative estimate of drug-likeness (QED) is 0.326. The molecule has 160 valence electrons. The van der Waals surface area contributed by atoms with Crippen LogP contribution >= 0.6 is 0 Å². The molecule has 0 radical (unpaired) electrons. The van der Waals surface area contributed by atoms with Crippen LogP contribution in [-0.4, -0.2) is 46.4 Å². The van der Waals surface area contributed by atoms with Crippen LogP contribution < -0.4 is 9.47 Å². The first-order valence-corrected chi connectivity index (χ1v) is 9.15. The highest BCUT2D eigenvalue weighted by Crippen LogP contribution is 2.63. The minimum absolute atomic E-state index is 0.0313. The maximum absolute atomic E-state index is 12.7. The van der Waals surface area contributed by atoms with Crippen LogP contribution in [-0.2, 0) is 24.5 Å². The third-order valence-corrected chi connectivity index (χ3v) is 5.80. The number of aromatic hydroxyl groups is 1. The second-order valence-electron chi connectivity index (χ2n) is 7.60. The molecule has 0 aromatic heterocycles.